The summed E-state index contributed by atoms with van der Waals surface area (Å²) in [5, 5.41) is 18.5. The Morgan fingerprint density at radius 1 is 0.935 bits per heavy atom. The lowest BCUT2D eigenvalue weighted by Gasteiger charge is -2.12. The monoisotopic (exact) mass is 436 g/mol. The van der Waals surface area contributed by atoms with Gasteiger partial charge in [0.15, 0.2) is 11.5 Å². The number of rotatable bonds is 7. The molecule has 0 radical (unpaired) electrons. The maximum Gasteiger partial charge on any atom is 0.161 e. The Balaban J connectivity index is 1.59. The van der Waals surface area contributed by atoms with Crippen LogP contribution in [0.2, 0.25) is 5.02 Å². The predicted octanol–water partition coefficient (Wildman–Crippen LogP) is 5.70. The highest BCUT2D eigenvalue weighted by Crippen LogP contribution is 2.39. The van der Waals surface area contributed by atoms with Gasteiger partial charge in [0.1, 0.15) is 18.1 Å². The zero-order chi connectivity index (χ0) is 21.8. The predicted molar refractivity (Wildman–Crippen MR) is 120 cm³/mol. The standard InChI is InChI=1S/C24H21ClN2O4/c1-29-22-9-6-16(11-23(22)30-2)20-13-26-27-24(20)19-8-7-18(12-21(19)28)31-14-15-4-3-5-17(25)10-15/h3-13,28H,14H2,1-2H3,(H,26,27). The molecule has 4 rings (SSSR count). The van der Waals surface area contributed by atoms with E-state index in [9.17, 15) is 5.11 Å². The highest BCUT2D eigenvalue weighted by atomic mass is 35.5. The summed E-state index contributed by atoms with van der Waals surface area (Å²) in [6.45, 7) is 0.348. The lowest BCUT2D eigenvalue weighted by Crippen LogP contribution is -1.95. The fourth-order valence-electron chi connectivity index (χ4n) is 3.32. The summed E-state index contributed by atoms with van der Waals surface area (Å²) < 4.78 is 16.5. The topological polar surface area (TPSA) is 76.6 Å². The summed E-state index contributed by atoms with van der Waals surface area (Å²) >= 11 is 6.01. The van der Waals surface area contributed by atoms with Crippen molar-refractivity contribution in [3.63, 3.8) is 0 Å². The normalized spacial score (nSPS) is 10.7. The molecule has 3 aromatic carbocycles. The van der Waals surface area contributed by atoms with Crippen LogP contribution in [0.3, 0.4) is 0 Å². The number of nitrogens with zero attached hydrogens (tertiary/aromatic N) is 1. The molecule has 158 valence electrons. The summed E-state index contributed by atoms with van der Waals surface area (Å²) in [6.07, 6.45) is 1.71. The van der Waals surface area contributed by atoms with Crippen molar-refractivity contribution in [3.05, 3.63) is 77.4 Å². The molecule has 0 aliphatic heterocycles. The lowest BCUT2D eigenvalue weighted by molar-refractivity contribution is 0.304. The van der Waals surface area contributed by atoms with E-state index in [1.807, 2.05) is 42.5 Å². The zero-order valence-electron chi connectivity index (χ0n) is 17.1. The molecule has 1 heterocycles. The second-order valence-corrected chi connectivity index (χ2v) is 7.26. The van der Waals surface area contributed by atoms with E-state index >= 15 is 0 Å². The van der Waals surface area contributed by atoms with Crippen LogP contribution in [-0.4, -0.2) is 29.5 Å². The summed E-state index contributed by atoms with van der Waals surface area (Å²) in [5.74, 6) is 1.88. The minimum Gasteiger partial charge on any atom is -0.507 e. The van der Waals surface area contributed by atoms with E-state index < -0.39 is 0 Å². The Morgan fingerprint density at radius 2 is 1.77 bits per heavy atom. The molecule has 0 aliphatic rings. The van der Waals surface area contributed by atoms with Crippen molar-refractivity contribution in [1.29, 1.82) is 0 Å². The molecule has 0 bridgehead atoms. The van der Waals surface area contributed by atoms with Crippen LogP contribution in [0.15, 0.2) is 66.9 Å². The third-order valence-electron chi connectivity index (χ3n) is 4.87. The van der Waals surface area contributed by atoms with Crippen molar-refractivity contribution in [2.75, 3.05) is 14.2 Å². The van der Waals surface area contributed by atoms with E-state index in [4.69, 9.17) is 25.8 Å². The third-order valence-corrected chi connectivity index (χ3v) is 5.10. The Labute approximate surface area is 185 Å². The Kier molecular flexibility index (Phi) is 6.00. The molecule has 0 atom stereocenters. The SMILES string of the molecule is COc1ccc(-c2cn[nH]c2-c2ccc(OCc3cccc(Cl)c3)cc2O)cc1OC. The van der Waals surface area contributed by atoms with Crippen LogP contribution < -0.4 is 14.2 Å². The molecular formula is C24H21ClN2O4. The van der Waals surface area contributed by atoms with Crippen LogP contribution in [0.5, 0.6) is 23.0 Å². The van der Waals surface area contributed by atoms with Gasteiger partial charge in [-0.05, 0) is 47.5 Å². The Hall–Kier alpha value is -3.64. The van der Waals surface area contributed by atoms with Crippen LogP contribution in [0.1, 0.15) is 5.56 Å². The van der Waals surface area contributed by atoms with Gasteiger partial charge in [0, 0.05) is 22.2 Å². The van der Waals surface area contributed by atoms with Crippen molar-refractivity contribution < 1.29 is 19.3 Å². The van der Waals surface area contributed by atoms with Crippen LogP contribution in [-0.2, 0) is 6.61 Å². The van der Waals surface area contributed by atoms with Gasteiger partial charge in [0.25, 0.3) is 0 Å². The maximum atomic E-state index is 10.7. The number of phenolic OH excluding ortho intramolecular Hbond substituents is 1. The van der Waals surface area contributed by atoms with Crippen LogP contribution in [0, 0.1) is 0 Å². The number of aromatic hydroxyl groups is 1. The average molecular weight is 437 g/mol. The quantitative estimate of drug-likeness (QED) is 0.388. The smallest absolute Gasteiger partial charge is 0.161 e. The molecular weight excluding hydrogens is 416 g/mol. The third kappa shape index (κ3) is 4.44. The second-order valence-electron chi connectivity index (χ2n) is 6.83. The number of hydrogen-bond donors (Lipinski definition) is 2. The van der Waals surface area contributed by atoms with Crippen LogP contribution in [0.4, 0.5) is 0 Å². The number of nitrogens with one attached hydrogen (secondary N) is 1. The highest BCUT2D eigenvalue weighted by molar-refractivity contribution is 6.30. The van der Waals surface area contributed by atoms with Gasteiger partial charge in [-0.1, -0.05) is 29.8 Å². The molecule has 0 fully saturated rings. The highest BCUT2D eigenvalue weighted by Gasteiger charge is 2.16. The van der Waals surface area contributed by atoms with Gasteiger partial charge in [-0.25, -0.2) is 0 Å². The first-order valence-electron chi connectivity index (χ1n) is 9.55. The molecule has 0 unspecified atom stereocenters. The van der Waals surface area contributed by atoms with Crippen molar-refractivity contribution in [3.8, 4) is 45.4 Å². The van der Waals surface area contributed by atoms with Crippen LogP contribution in [0.25, 0.3) is 22.4 Å². The molecule has 0 spiro atoms. The van der Waals surface area contributed by atoms with Gasteiger partial charge in [-0.2, -0.15) is 5.10 Å². The van der Waals surface area contributed by atoms with E-state index in [0.717, 1.165) is 16.7 Å². The van der Waals surface area contributed by atoms with Crippen molar-refractivity contribution in [1.82, 2.24) is 10.2 Å². The minimum absolute atomic E-state index is 0.0783. The molecule has 0 saturated heterocycles. The molecule has 1 aromatic heterocycles. The molecule has 31 heavy (non-hydrogen) atoms. The van der Waals surface area contributed by atoms with E-state index in [1.54, 1.807) is 38.6 Å². The first kappa shape index (κ1) is 20.6. The molecule has 0 aliphatic carbocycles. The number of hydrogen-bond acceptors (Lipinski definition) is 5. The number of ether oxygens (including phenoxy) is 3. The number of H-pyrrole nitrogens is 1. The van der Waals surface area contributed by atoms with E-state index in [-0.39, 0.29) is 5.75 Å². The number of phenols is 1. The average Bonchev–Trinajstić information content (AvgIpc) is 3.27. The molecule has 0 saturated carbocycles. The van der Waals surface area contributed by atoms with Gasteiger partial charge in [-0.3, -0.25) is 5.10 Å². The molecule has 4 aromatic rings. The first-order valence-corrected chi connectivity index (χ1v) is 9.93. The lowest BCUT2D eigenvalue weighted by atomic mass is 10.0. The van der Waals surface area contributed by atoms with E-state index in [0.29, 0.717) is 40.1 Å². The van der Waals surface area contributed by atoms with Gasteiger partial charge < -0.3 is 19.3 Å². The second kappa shape index (κ2) is 9.02. The first-order chi connectivity index (χ1) is 15.1. The summed E-state index contributed by atoms with van der Waals surface area (Å²) in [7, 11) is 3.18. The van der Waals surface area contributed by atoms with Gasteiger partial charge in [0.2, 0.25) is 0 Å². The summed E-state index contributed by atoms with van der Waals surface area (Å²) in [5.41, 5.74) is 3.94. The van der Waals surface area contributed by atoms with E-state index in [2.05, 4.69) is 10.2 Å². The Morgan fingerprint density at radius 3 is 2.52 bits per heavy atom. The van der Waals surface area contributed by atoms with Crippen LogP contribution >= 0.6 is 11.6 Å². The molecule has 7 heteroatoms. The molecule has 2 N–H and O–H groups in total. The molecule has 6 nitrogen and oxygen atoms in total. The van der Waals surface area contributed by atoms with E-state index in [1.165, 1.54) is 0 Å². The van der Waals surface area contributed by atoms with Crippen molar-refractivity contribution in [2.24, 2.45) is 0 Å². The fraction of sp³-hybridized carbons (Fsp3) is 0.125. The van der Waals surface area contributed by atoms with Gasteiger partial charge in [0.05, 0.1) is 26.1 Å². The zero-order valence-corrected chi connectivity index (χ0v) is 17.8. The summed E-state index contributed by atoms with van der Waals surface area (Å²) in [4.78, 5) is 0. The number of halogens is 1. The minimum atomic E-state index is 0.0783. The fourth-order valence-corrected chi connectivity index (χ4v) is 3.53. The van der Waals surface area contributed by atoms with Gasteiger partial charge in [-0.15, -0.1) is 0 Å². The van der Waals surface area contributed by atoms with Gasteiger partial charge >= 0.3 is 0 Å². The number of methoxy groups -OCH3 is 2. The Bertz CT molecular complexity index is 1210. The molecule has 0 amide bonds. The van der Waals surface area contributed by atoms with Crippen molar-refractivity contribution in [2.45, 2.75) is 6.61 Å². The maximum absolute atomic E-state index is 10.7. The number of aromatic nitrogens is 2. The number of benzene rings is 3. The number of aromatic amines is 1. The van der Waals surface area contributed by atoms with Crippen molar-refractivity contribution >= 4 is 11.6 Å². The largest absolute Gasteiger partial charge is 0.507 e. The summed E-state index contributed by atoms with van der Waals surface area (Å²) in [6, 6.07) is 18.2.